The van der Waals surface area contributed by atoms with Gasteiger partial charge >= 0.3 is 5.69 Å². The van der Waals surface area contributed by atoms with Gasteiger partial charge in [0.1, 0.15) is 11.4 Å². The molecule has 2 aromatic carbocycles. The number of anilines is 1. The molecule has 0 aliphatic rings. The van der Waals surface area contributed by atoms with Gasteiger partial charge < -0.3 is 10.5 Å². The molecule has 12 heteroatoms. The van der Waals surface area contributed by atoms with Crippen LogP contribution in [0.1, 0.15) is 5.56 Å². The number of nitro groups is 2. The van der Waals surface area contributed by atoms with E-state index in [0.29, 0.717) is 5.56 Å². The zero-order valence-electron chi connectivity index (χ0n) is 13.5. The predicted molar refractivity (Wildman–Crippen MR) is 97.1 cm³/mol. The van der Waals surface area contributed by atoms with Gasteiger partial charge in [-0.3, -0.25) is 30.4 Å². The van der Waals surface area contributed by atoms with Gasteiger partial charge in [0.15, 0.2) is 6.61 Å². The molecule has 0 radical (unpaired) electrons. The Kier molecular flexibility index (Phi) is 6.23. The normalized spacial score (nSPS) is 10.6. The van der Waals surface area contributed by atoms with Crippen molar-refractivity contribution in [2.45, 2.75) is 0 Å². The van der Waals surface area contributed by atoms with Gasteiger partial charge in [0.05, 0.1) is 27.2 Å². The van der Waals surface area contributed by atoms with Crippen LogP contribution in [-0.4, -0.2) is 28.6 Å². The molecule has 0 saturated heterocycles. The van der Waals surface area contributed by atoms with Crippen molar-refractivity contribution in [1.29, 1.82) is 0 Å². The Morgan fingerprint density at radius 1 is 1.22 bits per heavy atom. The molecule has 0 spiro atoms. The van der Waals surface area contributed by atoms with Crippen LogP contribution < -0.4 is 15.9 Å². The first-order valence-corrected chi connectivity index (χ1v) is 7.58. The molecule has 0 fully saturated rings. The molecule has 0 atom stereocenters. The van der Waals surface area contributed by atoms with Crippen molar-refractivity contribution < 1.29 is 19.4 Å². The third-order valence-corrected chi connectivity index (χ3v) is 3.41. The molecule has 140 valence electrons. The van der Waals surface area contributed by atoms with E-state index in [1.165, 1.54) is 24.4 Å². The van der Waals surface area contributed by atoms with E-state index in [9.17, 15) is 25.0 Å². The maximum Gasteiger partial charge on any atom is 0.301 e. The van der Waals surface area contributed by atoms with E-state index in [2.05, 4.69) is 10.5 Å². The van der Waals surface area contributed by atoms with Gasteiger partial charge in [-0.2, -0.15) is 5.10 Å². The average molecular weight is 394 g/mol. The highest BCUT2D eigenvalue weighted by Crippen LogP contribution is 2.29. The summed E-state index contributed by atoms with van der Waals surface area (Å²) in [5, 5.41) is 25.8. The van der Waals surface area contributed by atoms with E-state index in [4.69, 9.17) is 22.1 Å². The van der Waals surface area contributed by atoms with Crippen molar-refractivity contribution in [3.63, 3.8) is 0 Å². The Bertz CT molecular complexity index is 933. The number of non-ortho nitro benzene ring substituents is 1. The van der Waals surface area contributed by atoms with E-state index >= 15 is 0 Å². The summed E-state index contributed by atoms with van der Waals surface area (Å²) in [6, 6.07) is 7.71. The van der Waals surface area contributed by atoms with Gasteiger partial charge in [0, 0.05) is 6.07 Å². The number of hydrazone groups is 1. The van der Waals surface area contributed by atoms with Crippen LogP contribution in [0.25, 0.3) is 0 Å². The van der Waals surface area contributed by atoms with Crippen molar-refractivity contribution in [3.8, 4) is 5.75 Å². The summed E-state index contributed by atoms with van der Waals surface area (Å²) in [5.41, 5.74) is 7.04. The second kappa shape index (κ2) is 8.58. The number of hydrogen-bond donors (Lipinski definition) is 2. The monoisotopic (exact) mass is 393 g/mol. The molecule has 27 heavy (non-hydrogen) atoms. The van der Waals surface area contributed by atoms with Crippen LogP contribution in [0.5, 0.6) is 5.75 Å². The second-order valence-corrected chi connectivity index (χ2v) is 5.44. The first-order valence-electron chi connectivity index (χ1n) is 7.20. The van der Waals surface area contributed by atoms with Gasteiger partial charge in [0.2, 0.25) is 0 Å². The summed E-state index contributed by atoms with van der Waals surface area (Å²) in [6.07, 6.45) is 1.33. The smallest absolute Gasteiger partial charge is 0.301 e. The Labute approximate surface area is 156 Å². The van der Waals surface area contributed by atoms with Crippen LogP contribution >= 0.6 is 11.6 Å². The number of benzene rings is 2. The maximum atomic E-state index is 11.0. The highest BCUT2D eigenvalue weighted by Gasteiger charge is 2.19. The van der Waals surface area contributed by atoms with E-state index in [0.717, 1.165) is 12.1 Å². The lowest BCUT2D eigenvalue weighted by Gasteiger charge is -2.06. The van der Waals surface area contributed by atoms with Crippen LogP contribution in [0.15, 0.2) is 41.5 Å². The zero-order valence-corrected chi connectivity index (χ0v) is 14.3. The summed E-state index contributed by atoms with van der Waals surface area (Å²) in [7, 11) is 0. The fraction of sp³-hybridized carbons (Fsp3) is 0.0667. The van der Waals surface area contributed by atoms with Crippen LogP contribution in [0.3, 0.4) is 0 Å². The number of ether oxygens (including phenoxy) is 1. The molecule has 0 bridgehead atoms. The predicted octanol–water partition coefficient (Wildman–Crippen LogP) is 2.47. The summed E-state index contributed by atoms with van der Waals surface area (Å²) in [6.45, 7) is -0.321. The Balaban J connectivity index is 2.13. The Morgan fingerprint density at radius 3 is 2.56 bits per heavy atom. The van der Waals surface area contributed by atoms with Gasteiger partial charge in [0.25, 0.3) is 11.6 Å². The lowest BCUT2D eigenvalue weighted by molar-refractivity contribution is -0.393. The molecule has 3 N–H and O–H groups in total. The molecule has 0 aromatic heterocycles. The van der Waals surface area contributed by atoms with E-state index in [1.807, 2.05) is 0 Å². The molecular weight excluding hydrogens is 382 g/mol. The van der Waals surface area contributed by atoms with E-state index < -0.39 is 27.1 Å². The molecule has 0 saturated carbocycles. The first-order chi connectivity index (χ1) is 12.8. The zero-order chi connectivity index (χ0) is 20.0. The summed E-state index contributed by atoms with van der Waals surface area (Å²) >= 11 is 6.01. The number of nitrogens with zero attached hydrogens (tertiary/aromatic N) is 3. The summed E-state index contributed by atoms with van der Waals surface area (Å²) in [5.74, 6) is -0.391. The van der Waals surface area contributed by atoms with Crippen LogP contribution in [0, 0.1) is 20.2 Å². The molecule has 0 aliphatic heterocycles. The molecule has 2 rings (SSSR count). The SMILES string of the molecule is NC(=O)COc1ccc(C=NNc2ccc([N+](=O)[O-])cc2[N+](=O)[O-])cc1Cl. The fourth-order valence-corrected chi connectivity index (χ4v) is 2.16. The number of primary amides is 1. The number of carbonyl (C=O) groups excluding carboxylic acids is 1. The molecule has 1 amide bonds. The lowest BCUT2D eigenvalue weighted by Crippen LogP contribution is -2.20. The van der Waals surface area contributed by atoms with Crippen LogP contribution in [-0.2, 0) is 4.79 Å². The summed E-state index contributed by atoms with van der Waals surface area (Å²) < 4.78 is 5.10. The summed E-state index contributed by atoms with van der Waals surface area (Å²) in [4.78, 5) is 31.0. The molecule has 0 heterocycles. The second-order valence-electron chi connectivity index (χ2n) is 5.03. The van der Waals surface area contributed by atoms with Crippen molar-refractivity contribution in [2.75, 3.05) is 12.0 Å². The van der Waals surface area contributed by atoms with Crippen molar-refractivity contribution in [2.24, 2.45) is 10.8 Å². The number of nitro benzene ring substituents is 2. The highest BCUT2D eigenvalue weighted by atomic mass is 35.5. The van der Waals surface area contributed by atoms with Crippen molar-refractivity contribution in [1.82, 2.24) is 0 Å². The molecule has 11 nitrogen and oxygen atoms in total. The van der Waals surface area contributed by atoms with Gasteiger partial charge in [-0.05, 0) is 29.8 Å². The lowest BCUT2D eigenvalue weighted by atomic mass is 10.2. The van der Waals surface area contributed by atoms with Gasteiger partial charge in [-0.25, -0.2) is 0 Å². The first kappa shape index (κ1) is 19.6. The van der Waals surface area contributed by atoms with Crippen molar-refractivity contribution in [3.05, 3.63) is 67.2 Å². The standard InChI is InChI=1S/C15H12ClN5O6/c16-11-5-9(1-4-14(11)27-8-15(17)22)7-18-19-12-3-2-10(20(23)24)6-13(12)21(25)26/h1-7,19H,8H2,(H2,17,22). The van der Waals surface area contributed by atoms with E-state index in [1.54, 1.807) is 6.07 Å². The van der Waals surface area contributed by atoms with Crippen molar-refractivity contribution >= 4 is 40.8 Å². The number of rotatable bonds is 8. The number of amides is 1. The number of halogens is 1. The number of nitrogens with one attached hydrogen (secondary N) is 1. The molecule has 2 aromatic rings. The van der Waals surface area contributed by atoms with Gasteiger partial charge in [-0.15, -0.1) is 0 Å². The minimum atomic E-state index is -0.757. The third kappa shape index (κ3) is 5.37. The molecule has 0 aliphatic carbocycles. The average Bonchev–Trinajstić information content (AvgIpc) is 2.60. The Morgan fingerprint density at radius 2 is 1.96 bits per heavy atom. The third-order valence-electron chi connectivity index (χ3n) is 3.11. The highest BCUT2D eigenvalue weighted by molar-refractivity contribution is 6.32. The minimum absolute atomic E-state index is 0.0191. The topological polar surface area (TPSA) is 163 Å². The van der Waals surface area contributed by atoms with Crippen LogP contribution in [0.4, 0.5) is 17.1 Å². The van der Waals surface area contributed by atoms with E-state index in [-0.39, 0.29) is 23.1 Å². The quantitative estimate of drug-likeness (QED) is 0.395. The maximum absolute atomic E-state index is 11.0. The number of hydrogen-bond acceptors (Lipinski definition) is 8. The fourth-order valence-electron chi connectivity index (χ4n) is 1.92. The Hall–Kier alpha value is -3.73. The molecular formula is C15H12ClN5O6. The molecule has 0 unspecified atom stereocenters. The largest absolute Gasteiger partial charge is 0.482 e. The number of nitrogens with two attached hydrogens (primary N) is 1. The number of carbonyl (C=O) groups is 1. The van der Waals surface area contributed by atoms with Gasteiger partial charge in [-0.1, -0.05) is 11.6 Å². The minimum Gasteiger partial charge on any atom is -0.482 e. The van der Waals surface area contributed by atoms with Crippen LogP contribution in [0.2, 0.25) is 5.02 Å².